The molecule has 1 fully saturated rings. The summed E-state index contributed by atoms with van der Waals surface area (Å²) in [7, 11) is -2.07. The molecule has 2 heteroatoms. The van der Waals surface area contributed by atoms with Gasteiger partial charge in [-0.3, -0.25) is 0 Å². The van der Waals surface area contributed by atoms with Gasteiger partial charge in [0.2, 0.25) is 0 Å². The molecule has 0 aromatic heterocycles. The Hall–Kier alpha value is -2.55. The molecule has 2 atom stereocenters. The van der Waals surface area contributed by atoms with E-state index in [2.05, 4.69) is 164 Å². The first-order chi connectivity index (χ1) is 25.5. The van der Waals surface area contributed by atoms with E-state index in [4.69, 9.17) is 0 Å². The predicted octanol–water partition coefficient (Wildman–Crippen LogP) is 16.0. The first-order valence-corrected chi connectivity index (χ1v) is 35.2. The number of hydrogen-bond acceptors (Lipinski definition) is 0. The molecule has 3 aliphatic rings. The van der Waals surface area contributed by atoms with Gasteiger partial charge in [-0.25, -0.2) is 0 Å². The second-order valence-corrected chi connectivity index (χ2v) is 41.6. The van der Waals surface area contributed by atoms with Crippen LogP contribution >= 0.6 is 0 Å². The number of benzene rings is 4. The quantitative estimate of drug-likeness (QED) is 0.110. The number of hydrogen-bond donors (Lipinski definition) is 0. The maximum atomic E-state index is 2.86. The maximum absolute atomic E-state index is 3.20. The molecule has 0 nitrogen and oxygen atoms in total. The third kappa shape index (κ3) is 6.72. The molecule has 0 bridgehead atoms. The van der Waals surface area contributed by atoms with Crippen LogP contribution in [0.5, 0.6) is 0 Å². The van der Waals surface area contributed by atoms with Crippen molar-refractivity contribution in [1.82, 2.24) is 0 Å². The van der Waals surface area contributed by atoms with Crippen molar-refractivity contribution >= 4 is 20.2 Å². The zero-order chi connectivity index (χ0) is 38.8. The van der Waals surface area contributed by atoms with E-state index in [0.29, 0.717) is 7.35 Å². The summed E-state index contributed by atoms with van der Waals surface area (Å²) < 4.78 is 7.05. The summed E-state index contributed by atoms with van der Waals surface area (Å²) in [5.41, 5.74) is 18.3. The zero-order valence-electron chi connectivity index (χ0n) is 35.9. The molecule has 1 saturated heterocycles. The number of fused-ring (bicyclic) bond motifs is 6. The monoisotopic (exact) mass is 900 g/mol. The van der Waals surface area contributed by atoms with E-state index in [-0.39, 0.29) is 10.8 Å². The van der Waals surface area contributed by atoms with Crippen LogP contribution in [-0.4, -0.2) is 8.07 Å². The Labute approximate surface area is 335 Å². The molecular formula is C52H68HfSi. The first kappa shape index (κ1) is 39.7. The number of aryl methyl sites for hydroxylation is 2. The Bertz CT molecular complexity index is 1980. The van der Waals surface area contributed by atoms with Crippen LogP contribution in [0.4, 0.5) is 0 Å². The van der Waals surface area contributed by atoms with E-state index in [0.717, 1.165) is 0 Å². The number of rotatable bonds is 10. The summed E-state index contributed by atoms with van der Waals surface area (Å²) in [5.74, 6) is 0. The van der Waals surface area contributed by atoms with Gasteiger partial charge in [0.1, 0.15) is 0 Å². The molecule has 0 N–H and O–H groups in total. The van der Waals surface area contributed by atoms with E-state index in [9.17, 15) is 0 Å². The van der Waals surface area contributed by atoms with Crippen LogP contribution in [0.1, 0.15) is 146 Å². The average molecular weight is 900 g/mol. The fourth-order valence-electron chi connectivity index (χ4n) is 11.0. The van der Waals surface area contributed by atoms with Gasteiger partial charge in [0.25, 0.3) is 0 Å². The van der Waals surface area contributed by atoms with E-state index < -0.39 is 28.0 Å². The van der Waals surface area contributed by atoms with Gasteiger partial charge in [0.05, 0.1) is 0 Å². The van der Waals surface area contributed by atoms with E-state index in [1.807, 2.05) is 10.4 Å². The zero-order valence-corrected chi connectivity index (χ0v) is 40.5. The fraction of sp³-hybridized carbons (Fsp3) is 0.462. The third-order valence-electron chi connectivity index (χ3n) is 13.9. The molecule has 54 heavy (non-hydrogen) atoms. The predicted molar refractivity (Wildman–Crippen MR) is 238 cm³/mol. The Morgan fingerprint density at radius 3 is 1.30 bits per heavy atom. The van der Waals surface area contributed by atoms with Crippen molar-refractivity contribution in [3.63, 3.8) is 0 Å². The normalized spacial score (nSPS) is 19.5. The molecular weight excluding hydrogens is 831 g/mol. The van der Waals surface area contributed by atoms with Crippen molar-refractivity contribution in [3.05, 3.63) is 128 Å². The molecule has 0 saturated carbocycles. The molecule has 0 amide bonds. The van der Waals surface area contributed by atoms with Gasteiger partial charge >= 0.3 is 338 Å². The summed E-state index contributed by atoms with van der Waals surface area (Å²) >= 11 is -3.20. The van der Waals surface area contributed by atoms with Gasteiger partial charge < -0.3 is 0 Å². The number of allylic oxidation sites excluding steroid dienone is 2. The van der Waals surface area contributed by atoms with Crippen LogP contribution in [0.25, 0.3) is 34.4 Å². The molecule has 1 heterocycles. The van der Waals surface area contributed by atoms with Crippen molar-refractivity contribution in [3.8, 4) is 22.3 Å². The van der Waals surface area contributed by atoms with Crippen molar-refractivity contribution in [1.29, 1.82) is 0 Å². The van der Waals surface area contributed by atoms with Crippen LogP contribution in [0.15, 0.2) is 83.2 Å². The molecule has 2 aliphatic carbocycles. The summed E-state index contributed by atoms with van der Waals surface area (Å²) in [6.07, 6.45) is 13.7. The first-order valence-electron chi connectivity index (χ1n) is 21.5. The van der Waals surface area contributed by atoms with Crippen LogP contribution in [0, 0.1) is 13.8 Å². The topological polar surface area (TPSA) is 0 Å². The SMILES string of the molecule is CCCCC[Si]1(CCCCC)C2=Cc3c(-c4ccc(C(C)(C)C)cc4C)cccc3[CH]2[Hf]([CH3])([CH3])[CH]2C1=Cc1c(-c3ccc(C(C)(C)C)cc3C)cccc12. The van der Waals surface area contributed by atoms with Crippen LogP contribution in [-0.2, 0) is 30.8 Å². The molecule has 2 unspecified atom stereocenters. The van der Waals surface area contributed by atoms with Gasteiger partial charge in [-0.05, 0) is 0 Å². The molecule has 4 aromatic carbocycles. The Kier molecular flexibility index (Phi) is 10.8. The van der Waals surface area contributed by atoms with Gasteiger partial charge in [-0.15, -0.1) is 0 Å². The van der Waals surface area contributed by atoms with Gasteiger partial charge in [0, 0.05) is 0 Å². The van der Waals surface area contributed by atoms with Crippen LogP contribution in [0.3, 0.4) is 0 Å². The fourth-order valence-corrected chi connectivity index (χ4v) is 43.8. The second-order valence-electron chi connectivity index (χ2n) is 20.1. The standard InChI is InChI=1S/C50H62Si.2CH3.Hf/c1-11-13-15-27-51(28-16-14-12-2,41-31-37-19-17-21-45(47(37)33-41)43-25-23-39(29-35(43)3)49(5,6)7)42-32-38-20-18-22-46(48(38)34-42)44-26-24-40(30-36(44)4)50(8,9)10;;;/h17-26,29-34H,11-16,27-28H2,1-10H3;2*1H3;. The molecule has 7 rings (SSSR count). The summed E-state index contributed by atoms with van der Waals surface area (Å²) in [6, 6.07) is 32.3. The minimum absolute atomic E-state index is 0.149. The molecule has 0 radical (unpaired) electrons. The number of unbranched alkanes of at least 4 members (excludes halogenated alkanes) is 4. The van der Waals surface area contributed by atoms with Gasteiger partial charge in [-0.2, -0.15) is 0 Å². The average Bonchev–Trinajstić information content (AvgIpc) is 3.72. The Morgan fingerprint density at radius 1 is 0.537 bits per heavy atom. The van der Waals surface area contributed by atoms with Crippen LogP contribution < -0.4 is 0 Å². The summed E-state index contributed by atoms with van der Waals surface area (Å²) in [6.45, 7) is 23.5. The van der Waals surface area contributed by atoms with Crippen molar-refractivity contribution in [2.75, 3.05) is 0 Å². The molecule has 4 aromatic rings. The van der Waals surface area contributed by atoms with Gasteiger partial charge in [0.15, 0.2) is 0 Å². The third-order valence-corrected chi connectivity index (χ3v) is 36.6. The Balaban J connectivity index is 1.45. The van der Waals surface area contributed by atoms with E-state index in [1.54, 1.807) is 22.3 Å². The second kappa shape index (κ2) is 14.7. The van der Waals surface area contributed by atoms with E-state index >= 15 is 0 Å². The van der Waals surface area contributed by atoms with E-state index in [1.165, 1.54) is 95.1 Å². The van der Waals surface area contributed by atoms with Crippen molar-refractivity contribution in [2.24, 2.45) is 0 Å². The van der Waals surface area contributed by atoms with Crippen LogP contribution in [0.2, 0.25) is 21.4 Å². The summed E-state index contributed by atoms with van der Waals surface area (Å²) in [5, 5.41) is 3.91. The minimum atomic E-state index is -3.20. The molecule has 1 aliphatic heterocycles. The Morgan fingerprint density at radius 2 is 0.944 bits per heavy atom. The summed E-state index contributed by atoms with van der Waals surface area (Å²) in [4.78, 5) is 0. The molecule has 284 valence electrons. The van der Waals surface area contributed by atoms with Gasteiger partial charge in [-0.1, -0.05) is 0 Å². The van der Waals surface area contributed by atoms with Crippen molar-refractivity contribution in [2.45, 2.75) is 147 Å². The van der Waals surface area contributed by atoms with Crippen molar-refractivity contribution < 1.29 is 20.0 Å². The molecule has 0 spiro atoms.